The molecule has 0 spiro atoms. The first-order valence-corrected chi connectivity index (χ1v) is 17.0. The molecule has 3 N–H and O–H groups in total. The van der Waals surface area contributed by atoms with Gasteiger partial charge in [-0.2, -0.15) is 17.5 Å². The molecule has 254 valence electrons. The molecule has 0 aromatic heterocycles. The van der Waals surface area contributed by atoms with Gasteiger partial charge in [-0.05, 0) is 106 Å². The standard InChI is InChI=1S/C29H40N4O4S2.C2HF3O2/c1-32-18-15-29(21-7-12-25(36-2)26(19-21)37-3)14-13-23(20-27(29)32)31-28(38)30-22-8-10-24(11-9-22)39(34,35)33-16-5-4-6-17-33;3-2(4,5)1(6)7/h7-12,19,23,27H,4-6,13-18,20H2,1-3H3,(H2,30,31,38);(H,6,7)/t23-,27+,29+;/m1./s1. The van der Waals surface area contributed by atoms with Crippen LogP contribution in [0.15, 0.2) is 47.4 Å². The predicted molar refractivity (Wildman–Crippen MR) is 172 cm³/mol. The summed E-state index contributed by atoms with van der Waals surface area (Å²) in [4.78, 5) is 11.7. The van der Waals surface area contributed by atoms with Crippen molar-refractivity contribution >= 4 is 39.0 Å². The van der Waals surface area contributed by atoms with Crippen LogP contribution in [0.2, 0.25) is 0 Å². The number of rotatable bonds is 7. The lowest BCUT2D eigenvalue weighted by molar-refractivity contribution is -0.192. The number of anilines is 1. The SMILES string of the molecule is COc1ccc([C@@]23CC[C@@H](NC(=S)Nc4ccc(S(=O)(=O)N5CCCCC5)cc4)C[C@@H]2N(C)CC3)cc1OC.O=C(O)C(F)(F)F. The molecule has 1 aliphatic carbocycles. The Labute approximate surface area is 273 Å². The first-order chi connectivity index (χ1) is 21.7. The van der Waals surface area contributed by atoms with Crippen molar-refractivity contribution in [2.75, 3.05) is 46.2 Å². The number of fused-ring (bicyclic) bond motifs is 1. The van der Waals surface area contributed by atoms with E-state index in [1.54, 1.807) is 42.8 Å². The highest BCUT2D eigenvalue weighted by atomic mass is 32.2. The summed E-state index contributed by atoms with van der Waals surface area (Å²) in [6, 6.07) is 13.9. The van der Waals surface area contributed by atoms with Crippen LogP contribution in [0, 0.1) is 0 Å². The van der Waals surface area contributed by atoms with Gasteiger partial charge >= 0.3 is 12.1 Å². The number of carboxylic acids is 1. The number of hydrogen-bond donors (Lipinski definition) is 3. The zero-order chi connectivity index (χ0) is 33.7. The molecular weight excluding hydrogens is 645 g/mol. The molecule has 3 fully saturated rings. The lowest BCUT2D eigenvalue weighted by atomic mass is 9.65. The van der Waals surface area contributed by atoms with Gasteiger partial charge in [0.25, 0.3) is 0 Å². The first-order valence-electron chi connectivity index (χ1n) is 15.1. The number of methoxy groups -OCH3 is 2. The molecule has 15 heteroatoms. The second kappa shape index (κ2) is 14.7. The third kappa shape index (κ3) is 8.04. The van der Waals surface area contributed by atoms with Gasteiger partial charge in [0.15, 0.2) is 16.6 Å². The van der Waals surface area contributed by atoms with Crippen molar-refractivity contribution in [2.24, 2.45) is 0 Å². The number of nitrogens with one attached hydrogen (secondary N) is 2. The van der Waals surface area contributed by atoms with Crippen LogP contribution in [-0.4, -0.2) is 93.0 Å². The van der Waals surface area contributed by atoms with Crippen LogP contribution in [0.3, 0.4) is 0 Å². The number of hydrogen-bond acceptors (Lipinski definition) is 7. The fourth-order valence-corrected chi connectivity index (χ4v) is 8.51. The molecule has 46 heavy (non-hydrogen) atoms. The number of carboxylic acid groups (broad SMARTS) is 1. The number of aliphatic carboxylic acids is 1. The van der Waals surface area contributed by atoms with Crippen LogP contribution in [0.25, 0.3) is 0 Å². The van der Waals surface area contributed by atoms with E-state index in [-0.39, 0.29) is 11.5 Å². The van der Waals surface area contributed by atoms with E-state index in [0.717, 1.165) is 68.7 Å². The summed E-state index contributed by atoms with van der Waals surface area (Å²) in [6.07, 6.45) is 2.02. The topological polar surface area (TPSA) is 120 Å². The lowest BCUT2D eigenvalue weighted by Gasteiger charge is -2.45. The van der Waals surface area contributed by atoms with Crippen LogP contribution in [0.4, 0.5) is 18.9 Å². The number of likely N-dealkylation sites (tertiary alicyclic amines) is 1. The highest BCUT2D eigenvalue weighted by molar-refractivity contribution is 7.89. The van der Waals surface area contributed by atoms with E-state index < -0.39 is 22.2 Å². The van der Waals surface area contributed by atoms with Crippen LogP contribution in [-0.2, 0) is 20.2 Å². The number of halogens is 3. The minimum Gasteiger partial charge on any atom is -0.493 e. The van der Waals surface area contributed by atoms with Crippen molar-refractivity contribution in [2.45, 2.75) is 73.5 Å². The number of alkyl halides is 3. The van der Waals surface area contributed by atoms with Crippen LogP contribution >= 0.6 is 12.2 Å². The summed E-state index contributed by atoms with van der Waals surface area (Å²) in [5, 5.41) is 14.5. The second-order valence-corrected chi connectivity index (χ2v) is 14.2. The molecule has 0 amide bonds. The van der Waals surface area contributed by atoms with Gasteiger partial charge in [-0.1, -0.05) is 12.5 Å². The molecule has 2 saturated heterocycles. The molecule has 2 heterocycles. The van der Waals surface area contributed by atoms with Gasteiger partial charge < -0.3 is 30.1 Å². The maximum absolute atomic E-state index is 12.9. The summed E-state index contributed by atoms with van der Waals surface area (Å²) >= 11 is 5.66. The van der Waals surface area contributed by atoms with E-state index in [2.05, 4.69) is 34.7 Å². The second-order valence-electron chi connectivity index (χ2n) is 11.8. The van der Waals surface area contributed by atoms with Gasteiger partial charge in [-0.3, -0.25) is 0 Å². The summed E-state index contributed by atoms with van der Waals surface area (Å²) < 4.78 is 70.3. The average molecular weight is 687 g/mol. The first kappa shape index (κ1) is 35.7. The van der Waals surface area contributed by atoms with Crippen molar-refractivity contribution in [1.82, 2.24) is 14.5 Å². The molecule has 10 nitrogen and oxygen atoms in total. The van der Waals surface area contributed by atoms with Crippen molar-refractivity contribution in [1.29, 1.82) is 0 Å². The third-order valence-electron chi connectivity index (χ3n) is 9.13. The maximum Gasteiger partial charge on any atom is 0.490 e. The van der Waals surface area contributed by atoms with Crippen molar-refractivity contribution < 1.29 is 41.0 Å². The number of thiocarbonyl (C=S) groups is 1. The van der Waals surface area contributed by atoms with Crippen LogP contribution < -0.4 is 20.1 Å². The Bertz CT molecular complexity index is 1490. The molecule has 2 aromatic carbocycles. The maximum atomic E-state index is 12.9. The molecule has 0 bridgehead atoms. The van der Waals surface area contributed by atoms with Crippen molar-refractivity contribution in [3.63, 3.8) is 0 Å². The Morgan fingerprint density at radius 1 is 1.00 bits per heavy atom. The van der Waals surface area contributed by atoms with Crippen molar-refractivity contribution in [3.05, 3.63) is 48.0 Å². The molecule has 0 unspecified atom stereocenters. The molecule has 3 aliphatic rings. The number of sulfonamides is 1. The molecule has 2 aromatic rings. The minimum absolute atomic E-state index is 0.0806. The Morgan fingerprint density at radius 2 is 1.63 bits per heavy atom. The third-order valence-corrected chi connectivity index (χ3v) is 11.3. The number of piperidine rings is 1. The van der Waals surface area contributed by atoms with E-state index in [1.807, 2.05) is 6.07 Å². The fourth-order valence-electron chi connectivity index (χ4n) is 6.71. The molecule has 2 aliphatic heterocycles. The lowest BCUT2D eigenvalue weighted by Crippen LogP contribution is -2.52. The summed E-state index contributed by atoms with van der Waals surface area (Å²) in [5.74, 6) is -1.23. The van der Waals surface area contributed by atoms with E-state index in [4.69, 9.17) is 31.6 Å². The minimum atomic E-state index is -5.08. The number of likely N-dealkylation sites (N-methyl/N-ethyl adjacent to an activating group) is 1. The number of benzene rings is 2. The predicted octanol–water partition coefficient (Wildman–Crippen LogP) is 4.99. The normalized spacial score (nSPS) is 23.8. The van der Waals surface area contributed by atoms with Gasteiger partial charge in [-0.15, -0.1) is 0 Å². The average Bonchev–Trinajstić information content (AvgIpc) is 3.37. The van der Waals surface area contributed by atoms with E-state index in [0.29, 0.717) is 29.1 Å². The molecule has 3 atom stereocenters. The van der Waals surface area contributed by atoms with Crippen LogP contribution in [0.5, 0.6) is 11.5 Å². The van der Waals surface area contributed by atoms with Gasteiger partial charge in [0.05, 0.1) is 19.1 Å². The zero-order valence-electron chi connectivity index (χ0n) is 26.1. The fraction of sp³-hybridized carbons (Fsp3) is 0.548. The van der Waals surface area contributed by atoms with E-state index in [9.17, 15) is 21.6 Å². The molecule has 5 rings (SSSR count). The van der Waals surface area contributed by atoms with Gasteiger partial charge in [-0.25, -0.2) is 13.2 Å². The van der Waals surface area contributed by atoms with Gasteiger partial charge in [0, 0.05) is 36.3 Å². The van der Waals surface area contributed by atoms with E-state index in [1.165, 1.54) is 5.56 Å². The Balaban J connectivity index is 0.000000617. The number of ether oxygens (including phenoxy) is 2. The van der Waals surface area contributed by atoms with E-state index >= 15 is 0 Å². The smallest absolute Gasteiger partial charge is 0.490 e. The quantitative estimate of drug-likeness (QED) is 0.344. The molecular formula is C31H41F3N4O6S2. The summed E-state index contributed by atoms with van der Waals surface area (Å²) in [6.45, 7) is 2.25. The highest BCUT2D eigenvalue weighted by Gasteiger charge is 2.50. The molecule has 0 radical (unpaired) electrons. The monoisotopic (exact) mass is 686 g/mol. The van der Waals surface area contributed by atoms with Gasteiger partial charge in [0.2, 0.25) is 10.0 Å². The van der Waals surface area contributed by atoms with Gasteiger partial charge in [0.1, 0.15) is 0 Å². The van der Waals surface area contributed by atoms with Crippen LogP contribution in [0.1, 0.15) is 50.5 Å². The largest absolute Gasteiger partial charge is 0.493 e. The summed E-state index contributed by atoms with van der Waals surface area (Å²) in [7, 11) is 2.13. The Morgan fingerprint density at radius 3 is 2.22 bits per heavy atom. The van der Waals surface area contributed by atoms with Crippen molar-refractivity contribution in [3.8, 4) is 11.5 Å². The Hall–Kier alpha value is -3.14. The number of nitrogens with zero attached hydrogens (tertiary/aromatic N) is 2. The molecule has 1 saturated carbocycles. The Kier molecular flexibility index (Phi) is 11.4. The summed E-state index contributed by atoms with van der Waals surface area (Å²) in [5.41, 5.74) is 2.17. The highest BCUT2D eigenvalue weighted by Crippen LogP contribution is 2.49. The zero-order valence-corrected chi connectivity index (χ0v) is 27.7. The number of carbonyl (C=O) groups is 1.